The molecule has 0 bridgehead atoms. The van der Waals surface area contributed by atoms with E-state index in [1.54, 1.807) is 26.1 Å². The molecular formula is C23H23F2N5O2S. The number of halogens is 2. The summed E-state index contributed by atoms with van der Waals surface area (Å²) in [5.74, 6) is -1.49. The molecule has 1 aliphatic carbocycles. The van der Waals surface area contributed by atoms with Crippen LogP contribution in [0.5, 0.6) is 0 Å². The smallest absolute Gasteiger partial charge is 0.165 e. The van der Waals surface area contributed by atoms with Gasteiger partial charge in [0.2, 0.25) is 0 Å². The summed E-state index contributed by atoms with van der Waals surface area (Å²) in [7, 11) is -3.69. The topological polar surface area (TPSA) is 111 Å². The van der Waals surface area contributed by atoms with Crippen LogP contribution in [0.25, 0.3) is 10.9 Å². The van der Waals surface area contributed by atoms with Gasteiger partial charge in [0.15, 0.2) is 9.84 Å². The van der Waals surface area contributed by atoms with E-state index in [0.29, 0.717) is 22.3 Å². The number of aliphatic imine (C=N–C) groups is 1. The molecule has 33 heavy (non-hydrogen) atoms. The summed E-state index contributed by atoms with van der Waals surface area (Å²) in [6.07, 6.45) is 5.48. The molecule has 5 rings (SSSR count). The second-order valence-corrected chi connectivity index (χ2v) is 11.6. The van der Waals surface area contributed by atoms with Gasteiger partial charge in [-0.05, 0) is 50.8 Å². The van der Waals surface area contributed by atoms with Crippen LogP contribution < -0.4 is 5.73 Å². The molecule has 1 aliphatic heterocycles. The van der Waals surface area contributed by atoms with Crippen LogP contribution >= 0.6 is 0 Å². The molecule has 0 aromatic carbocycles. The highest BCUT2D eigenvalue weighted by atomic mass is 32.2. The lowest BCUT2D eigenvalue weighted by Crippen LogP contribution is -2.58. The third-order valence-electron chi connectivity index (χ3n) is 6.83. The fraction of sp³-hybridized carbons (Fsp3) is 0.391. The van der Waals surface area contributed by atoms with E-state index < -0.39 is 31.8 Å². The van der Waals surface area contributed by atoms with Crippen LogP contribution in [0.15, 0.2) is 41.8 Å². The van der Waals surface area contributed by atoms with Crippen LogP contribution in [0.1, 0.15) is 43.6 Å². The maximum Gasteiger partial charge on any atom is 0.165 e. The predicted octanol–water partition coefficient (Wildman–Crippen LogP) is 3.06. The summed E-state index contributed by atoms with van der Waals surface area (Å²) in [6, 6.07) is 4.52. The first-order chi connectivity index (χ1) is 15.5. The Morgan fingerprint density at radius 1 is 1.12 bits per heavy atom. The van der Waals surface area contributed by atoms with Gasteiger partial charge in [0.1, 0.15) is 27.8 Å². The number of hydrogen-bond donors (Lipinski definition) is 1. The Morgan fingerprint density at radius 2 is 1.88 bits per heavy atom. The molecule has 7 nitrogen and oxygen atoms in total. The first-order valence-corrected chi connectivity index (χ1v) is 12.3. The number of sulfone groups is 1. The van der Waals surface area contributed by atoms with Crippen molar-refractivity contribution >= 4 is 26.6 Å². The van der Waals surface area contributed by atoms with E-state index in [0.717, 1.165) is 25.2 Å². The normalized spacial score (nSPS) is 26.8. The maximum absolute atomic E-state index is 14.9. The van der Waals surface area contributed by atoms with Crippen LogP contribution in [-0.2, 0) is 21.8 Å². The van der Waals surface area contributed by atoms with Gasteiger partial charge in [-0.1, -0.05) is 0 Å². The van der Waals surface area contributed by atoms with Crippen LogP contribution in [0.3, 0.4) is 0 Å². The van der Waals surface area contributed by atoms with Gasteiger partial charge in [-0.25, -0.2) is 17.2 Å². The number of rotatable bonds is 4. The average molecular weight is 472 g/mol. The number of pyridine rings is 3. The van der Waals surface area contributed by atoms with Gasteiger partial charge >= 0.3 is 0 Å². The molecule has 2 atom stereocenters. The Kier molecular flexibility index (Phi) is 4.79. The Labute approximate surface area is 190 Å². The number of fused-ring (bicyclic) bond motifs is 1. The highest BCUT2D eigenvalue weighted by molar-refractivity contribution is 7.93. The van der Waals surface area contributed by atoms with E-state index >= 15 is 0 Å². The van der Waals surface area contributed by atoms with E-state index in [-0.39, 0.29) is 29.5 Å². The van der Waals surface area contributed by atoms with Crippen molar-refractivity contribution in [1.82, 2.24) is 15.0 Å². The Hall–Kier alpha value is -3.01. The Balaban J connectivity index is 1.56. The van der Waals surface area contributed by atoms with Crippen LogP contribution in [0, 0.1) is 17.6 Å². The maximum atomic E-state index is 14.9. The van der Waals surface area contributed by atoms with E-state index in [9.17, 15) is 17.2 Å². The fourth-order valence-electron chi connectivity index (χ4n) is 4.71. The van der Waals surface area contributed by atoms with Crippen molar-refractivity contribution in [2.24, 2.45) is 16.6 Å². The summed E-state index contributed by atoms with van der Waals surface area (Å²) in [4.78, 5) is 17.2. The first kappa shape index (κ1) is 21.8. The van der Waals surface area contributed by atoms with E-state index in [1.165, 1.54) is 12.1 Å². The molecule has 1 fully saturated rings. The van der Waals surface area contributed by atoms with Crippen LogP contribution in [0.2, 0.25) is 0 Å². The number of amidine groups is 1. The largest absolute Gasteiger partial charge is 0.386 e. The van der Waals surface area contributed by atoms with Gasteiger partial charge in [-0.2, -0.15) is 0 Å². The number of nitrogens with two attached hydrogens (primary N) is 1. The van der Waals surface area contributed by atoms with Crippen LogP contribution in [-0.4, -0.2) is 39.7 Å². The summed E-state index contributed by atoms with van der Waals surface area (Å²) in [6.45, 7) is 3.20. The van der Waals surface area contributed by atoms with Crippen molar-refractivity contribution in [2.45, 2.75) is 43.4 Å². The van der Waals surface area contributed by atoms with E-state index in [4.69, 9.17) is 5.73 Å². The second kappa shape index (κ2) is 7.24. The lowest BCUT2D eigenvalue weighted by Gasteiger charge is -2.40. The van der Waals surface area contributed by atoms with Crippen molar-refractivity contribution in [1.29, 1.82) is 0 Å². The van der Waals surface area contributed by atoms with Crippen molar-refractivity contribution < 1.29 is 17.2 Å². The fourth-order valence-corrected chi connectivity index (χ4v) is 7.08. The molecule has 0 saturated heterocycles. The molecule has 0 radical (unpaired) electrons. The molecular weight excluding hydrogens is 448 g/mol. The van der Waals surface area contributed by atoms with E-state index in [2.05, 4.69) is 19.9 Å². The molecule has 0 unspecified atom stereocenters. The van der Waals surface area contributed by atoms with Crippen LogP contribution in [0.4, 0.5) is 8.78 Å². The standard InChI is InChI=1S/C23H23F2N5O2S/c1-22(12-33(31,32)23(2,14-3-4-14)21(26)30-22)17-8-16(28-11-18(17)25)9-19-20-13(5-6-27-19)7-15(24)10-29-20/h5-8,10-11,14H,3-4,9,12H2,1-2H3,(H2,26,30)/t22-,23-/m0/s1. The molecule has 1 saturated carbocycles. The minimum absolute atomic E-state index is 0.0264. The van der Waals surface area contributed by atoms with Gasteiger partial charge in [0.05, 0.1) is 29.4 Å². The highest BCUT2D eigenvalue weighted by Crippen LogP contribution is 2.49. The third kappa shape index (κ3) is 3.47. The minimum atomic E-state index is -3.69. The molecule has 3 aromatic heterocycles. The quantitative estimate of drug-likeness (QED) is 0.626. The molecule has 0 amide bonds. The third-order valence-corrected chi connectivity index (χ3v) is 9.61. The zero-order valence-electron chi connectivity index (χ0n) is 18.2. The predicted molar refractivity (Wildman–Crippen MR) is 120 cm³/mol. The van der Waals surface area contributed by atoms with E-state index in [1.807, 2.05) is 0 Å². The van der Waals surface area contributed by atoms with Crippen molar-refractivity contribution in [2.75, 3.05) is 5.75 Å². The molecule has 10 heteroatoms. The molecule has 3 aromatic rings. The molecule has 172 valence electrons. The van der Waals surface area contributed by atoms with Gasteiger partial charge in [-0.15, -0.1) is 0 Å². The SMILES string of the molecule is C[C@@]1(c2cc(Cc3nccc4cc(F)cnc34)ncc2F)CS(=O)(=O)[C@@](C)(C2CC2)C(N)=N1. The van der Waals surface area contributed by atoms with Gasteiger partial charge in [-0.3, -0.25) is 19.9 Å². The summed E-state index contributed by atoms with van der Waals surface area (Å²) in [5, 5.41) is 0.587. The Morgan fingerprint density at radius 3 is 2.58 bits per heavy atom. The number of hydrogen-bond acceptors (Lipinski definition) is 7. The summed E-state index contributed by atoms with van der Waals surface area (Å²) >= 11 is 0. The Bertz CT molecular complexity index is 1420. The molecule has 4 heterocycles. The zero-order chi connectivity index (χ0) is 23.6. The van der Waals surface area contributed by atoms with Gasteiger partial charge in [0, 0.05) is 29.3 Å². The van der Waals surface area contributed by atoms with Crippen molar-refractivity contribution in [3.8, 4) is 0 Å². The summed E-state index contributed by atoms with van der Waals surface area (Å²) < 4.78 is 53.9. The number of nitrogens with zero attached hydrogens (tertiary/aromatic N) is 4. The molecule has 2 N–H and O–H groups in total. The monoisotopic (exact) mass is 471 g/mol. The van der Waals surface area contributed by atoms with Crippen molar-refractivity contribution in [3.05, 3.63) is 65.4 Å². The summed E-state index contributed by atoms with van der Waals surface area (Å²) in [5.41, 5.74) is 6.46. The number of aromatic nitrogens is 3. The highest BCUT2D eigenvalue weighted by Gasteiger charge is 2.58. The minimum Gasteiger partial charge on any atom is -0.386 e. The first-order valence-electron chi connectivity index (χ1n) is 10.7. The average Bonchev–Trinajstić information content (AvgIpc) is 3.58. The second-order valence-electron chi connectivity index (χ2n) is 9.23. The lowest BCUT2D eigenvalue weighted by atomic mass is 9.92. The molecule has 2 aliphatic rings. The zero-order valence-corrected chi connectivity index (χ0v) is 19.0. The van der Waals surface area contributed by atoms with Crippen molar-refractivity contribution in [3.63, 3.8) is 0 Å². The van der Waals surface area contributed by atoms with Gasteiger partial charge < -0.3 is 5.73 Å². The lowest BCUT2D eigenvalue weighted by molar-refractivity contribution is 0.461. The molecule has 0 spiro atoms. The van der Waals surface area contributed by atoms with Gasteiger partial charge in [0.25, 0.3) is 0 Å².